The zero-order chi connectivity index (χ0) is 39.5. The number of amides is 1. The monoisotopic (exact) mass is 751 g/mol. The van der Waals surface area contributed by atoms with Crippen molar-refractivity contribution in [2.45, 2.75) is 129 Å². The smallest absolute Gasteiger partial charge is 0.408 e. The second kappa shape index (κ2) is 16.9. The number of likely N-dealkylation sites (N-methyl/N-ethyl adjacent to an activating group) is 1. The molecule has 5 rings (SSSR count). The van der Waals surface area contributed by atoms with E-state index in [0.717, 1.165) is 16.5 Å². The predicted molar refractivity (Wildman–Crippen MR) is 201 cm³/mol. The van der Waals surface area contributed by atoms with Gasteiger partial charge in [0.2, 0.25) is 0 Å². The molecule has 3 aliphatic rings. The second-order valence-electron chi connectivity index (χ2n) is 15.7. The molecule has 13 atom stereocenters. The molecule has 3 fully saturated rings. The molecule has 3 saturated heterocycles. The molecule has 0 bridgehead atoms. The van der Waals surface area contributed by atoms with Crippen LogP contribution in [0.3, 0.4) is 0 Å². The summed E-state index contributed by atoms with van der Waals surface area (Å²) in [6.45, 7) is 13.8. The molecule has 3 N–H and O–H groups in total. The summed E-state index contributed by atoms with van der Waals surface area (Å²) in [5, 5.41) is 18.3. The number of hydrogen-bond donors (Lipinski definition) is 3. The Hall–Kier alpha value is -3.75. The number of para-hydroxylation sites is 1. The average molecular weight is 752 g/mol. The van der Waals surface area contributed by atoms with Gasteiger partial charge in [-0.1, -0.05) is 58.0 Å². The molecule has 13 heteroatoms. The lowest BCUT2D eigenvalue weighted by molar-refractivity contribution is -0.291. The highest BCUT2D eigenvalue weighted by Crippen LogP contribution is 2.40. The Labute approximate surface area is 317 Å². The fourth-order valence-corrected chi connectivity index (χ4v) is 8.53. The molecule has 0 saturated carbocycles. The average Bonchev–Trinajstić information content (AvgIpc) is 3.47. The number of esters is 1. The predicted octanol–water partition coefficient (Wildman–Crippen LogP) is 4.77. The second-order valence-corrected chi connectivity index (χ2v) is 15.7. The topological polar surface area (TPSA) is 172 Å². The summed E-state index contributed by atoms with van der Waals surface area (Å²) in [7, 11) is 1.75. The first kappa shape index (κ1) is 41.4. The van der Waals surface area contributed by atoms with E-state index in [9.17, 15) is 24.3 Å². The molecule has 2 aromatic rings. The van der Waals surface area contributed by atoms with Crippen LogP contribution in [0, 0.1) is 23.7 Å². The lowest BCUT2D eigenvalue weighted by atomic mass is 9.73. The van der Waals surface area contributed by atoms with Crippen molar-refractivity contribution in [2.24, 2.45) is 23.7 Å². The van der Waals surface area contributed by atoms with Gasteiger partial charge in [0.25, 0.3) is 0 Å². The number of rotatable bonds is 8. The molecule has 3 aliphatic heterocycles. The number of hydrogen-bond acceptors (Lipinski definition) is 12. The van der Waals surface area contributed by atoms with Gasteiger partial charge in [0.05, 0.1) is 36.0 Å². The molecule has 296 valence electrons. The Bertz CT molecular complexity index is 1720. The number of nitrogens with zero attached hydrogens (tertiary/aromatic N) is 1. The maximum Gasteiger partial charge on any atom is 0.408 e. The van der Waals surface area contributed by atoms with Crippen molar-refractivity contribution in [3.8, 4) is 0 Å². The fourth-order valence-electron chi connectivity index (χ4n) is 8.53. The highest BCUT2D eigenvalue weighted by molar-refractivity contribution is 6.00. The number of carbonyl (C=O) groups is 4. The minimum absolute atomic E-state index is 0.0601. The third kappa shape index (κ3) is 8.55. The van der Waals surface area contributed by atoms with Crippen LogP contribution in [0.1, 0.15) is 80.2 Å². The number of ketones is 2. The Morgan fingerprint density at radius 3 is 2.48 bits per heavy atom. The van der Waals surface area contributed by atoms with Gasteiger partial charge in [-0.15, -0.1) is 0 Å². The lowest BCUT2D eigenvalue weighted by Crippen LogP contribution is -2.60. The SMILES string of the molecule is CC[C@H]1OC(=O)[C@H](C)C(=O)[C@H](C)[C@@H](OC2O[C@H](C)C[C@H](NC)[C@H]2O)[C@@](C)(OC/C=C/c2cnc3ccccc3c2)C[C@@H](C)C(=O)[C@H](C)[C@H]2NC(=O)O[C@@]21C. The van der Waals surface area contributed by atoms with E-state index in [2.05, 4.69) is 15.6 Å². The molecule has 0 spiro atoms. The number of pyridine rings is 1. The highest BCUT2D eigenvalue weighted by Gasteiger charge is 2.57. The van der Waals surface area contributed by atoms with Gasteiger partial charge in [-0.05, 0) is 71.7 Å². The van der Waals surface area contributed by atoms with E-state index in [0.29, 0.717) is 6.42 Å². The fraction of sp³-hybridized carbons (Fsp3) is 0.634. The number of ether oxygens (including phenoxy) is 5. The van der Waals surface area contributed by atoms with Crippen molar-refractivity contribution in [1.82, 2.24) is 15.6 Å². The molecule has 13 nitrogen and oxygen atoms in total. The van der Waals surface area contributed by atoms with Crippen LogP contribution in [-0.2, 0) is 38.1 Å². The third-order valence-corrected chi connectivity index (χ3v) is 11.6. The largest absolute Gasteiger partial charge is 0.458 e. The third-order valence-electron chi connectivity index (χ3n) is 11.6. The normalized spacial score (nSPS) is 38.4. The molecular formula is C41H57N3O10. The number of aliphatic hydroxyl groups is 1. The van der Waals surface area contributed by atoms with Gasteiger partial charge in [0.15, 0.2) is 17.7 Å². The number of nitrogens with one attached hydrogen (secondary N) is 2. The lowest BCUT2D eigenvalue weighted by Gasteiger charge is -2.46. The van der Waals surface area contributed by atoms with Gasteiger partial charge in [-0.2, -0.15) is 0 Å². The van der Waals surface area contributed by atoms with Gasteiger partial charge in [0, 0.05) is 35.4 Å². The van der Waals surface area contributed by atoms with Crippen LogP contribution in [0.25, 0.3) is 17.0 Å². The van der Waals surface area contributed by atoms with Gasteiger partial charge in [-0.25, -0.2) is 4.79 Å². The first-order chi connectivity index (χ1) is 25.5. The molecule has 0 aliphatic carbocycles. The summed E-state index contributed by atoms with van der Waals surface area (Å²) in [5.74, 6) is -5.12. The summed E-state index contributed by atoms with van der Waals surface area (Å²) in [6.07, 6.45) is 1.06. The number of fused-ring (bicyclic) bond motifs is 2. The van der Waals surface area contributed by atoms with Crippen molar-refractivity contribution in [3.05, 3.63) is 48.2 Å². The van der Waals surface area contributed by atoms with Gasteiger partial charge in [0.1, 0.15) is 23.9 Å². The van der Waals surface area contributed by atoms with Crippen LogP contribution >= 0.6 is 0 Å². The van der Waals surface area contributed by atoms with E-state index >= 15 is 0 Å². The van der Waals surface area contributed by atoms with E-state index in [4.69, 9.17) is 23.7 Å². The molecule has 54 heavy (non-hydrogen) atoms. The first-order valence-electron chi connectivity index (χ1n) is 19.1. The van der Waals surface area contributed by atoms with Crippen LogP contribution < -0.4 is 10.6 Å². The Balaban J connectivity index is 1.55. The minimum Gasteiger partial charge on any atom is -0.458 e. The summed E-state index contributed by atoms with van der Waals surface area (Å²) >= 11 is 0. The van der Waals surface area contributed by atoms with Gasteiger partial charge in [-0.3, -0.25) is 19.4 Å². The zero-order valence-electron chi connectivity index (χ0n) is 32.9. The van der Waals surface area contributed by atoms with Crippen molar-refractivity contribution in [1.29, 1.82) is 0 Å². The van der Waals surface area contributed by atoms with Crippen LogP contribution in [0.5, 0.6) is 0 Å². The number of alkyl carbamates (subject to hydrolysis) is 1. The highest BCUT2D eigenvalue weighted by atomic mass is 16.7. The molecule has 1 amide bonds. The summed E-state index contributed by atoms with van der Waals surface area (Å²) in [5.41, 5.74) is -1.00. The van der Waals surface area contributed by atoms with Crippen molar-refractivity contribution >= 4 is 40.6 Å². The van der Waals surface area contributed by atoms with E-state index < -0.39 is 83.4 Å². The van der Waals surface area contributed by atoms with E-state index in [1.54, 1.807) is 54.8 Å². The maximum atomic E-state index is 14.4. The van der Waals surface area contributed by atoms with E-state index in [-0.39, 0.29) is 37.4 Å². The molecule has 1 unspecified atom stereocenters. The Kier molecular flexibility index (Phi) is 13.0. The van der Waals surface area contributed by atoms with Crippen molar-refractivity contribution < 1.29 is 48.0 Å². The molecule has 0 radical (unpaired) electrons. The van der Waals surface area contributed by atoms with E-state index in [1.165, 1.54) is 6.92 Å². The van der Waals surface area contributed by atoms with E-state index in [1.807, 2.05) is 49.4 Å². The summed E-state index contributed by atoms with van der Waals surface area (Å²) < 4.78 is 31.2. The minimum atomic E-state index is -1.38. The van der Waals surface area contributed by atoms with Crippen LogP contribution in [0.4, 0.5) is 4.79 Å². The quantitative estimate of drug-likeness (QED) is 0.250. The number of benzene rings is 1. The molecular weight excluding hydrogens is 694 g/mol. The summed E-state index contributed by atoms with van der Waals surface area (Å²) in [6, 6.07) is 8.64. The Morgan fingerprint density at radius 1 is 1.06 bits per heavy atom. The molecule has 1 aromatic heterocycles. The number of Topliss-reactive ketones (excluding diaryl/α,β-unsaturated/α-hetero) is 2. The van der Waals surface area contributed by atoms with Crippen LogP contribution in [0.2, 0.25) is 0 Å². The van der Waals surface area contributed by atoms with Gasteiger partial charge >= 0.3 is 12.1 Å². The zero-order valence-corrected chi connectivity index (χ0v) is 32.9. The number of aliphatic hydroxyl groups excluding tert-OH is 1. The number of carbonyl (C=O) groups excluding carboxylic acids is 4. The standard InChI is InChI=1S/C41H57N3O10/c1-10-31-41(8)35(44-39(49)54-41)24(4)32(45)22(2)20-40(7,50-17-13-14-27-19-28-15-11-12-16-29(28)43-21-27)36(25(5)33(46)26(6)37(48)52-31)53-38-34(47)30(42-9)18-23(3)51-38/h11-16,19,21-26,30-31,34-36,38,42,47H,10,17-18,20H2,1-9H3,(H,44,49)/b14-13+/t22-,23-,24+,25+,26-,30+,31-,34-,35-,36-,38?,40+,41-/m1/s1. The molecule has 1 aromatic carbocycles. The van der Waals surface area contributed by atoms with Crippen LogP contribution in [0.15, 0.2) is 42.6 Å². The first-order valence-corrected chi connectivity index (χ1v) is 19.1. The summed E-state index contributed by atoms with van der Waals surface area (Å²) in [4.78, 5) is 59.7. The molecule has 4 heterocycles. The van der Waals surface area contributed by atoms with Crippen molar-refractivity contribution in [2.75, 3.05) is 13.7 Å². The number of aromatic nitrogens is 1. The van der Waals surface area contributed by atoms with Gasteiger partial charge < -0.3 is 39.4 Å². The van der Waals surface area contributed by atoms with Crippen molar-refractivity contribution in [3.63, 3.8) is 0 Å². The number of cyclic esters (lactones) is 1. The Morgan fingerprint density at radius 2 is 1.78 bits per heavy atom. The maximum absolute atomic E-state index is 14.4. The van der Waals surface area contributed by atoms with Crippen LogP contribution in [-0.4, -0.2) is 101 Å².